The summed E-state index contributed by atoms with van der Waals surface area (Å²) in [4.78, 5) is 14.8. The summed E-state index contributed by atoms with van der Waals surface area (Å²) < 4.78 is 2.04. The van der Waals surface area contributed by atoms with Gasteiger partial charge in [-0.05, 0) is 13.5 Å². The number of carbonyl (C=O) groups is 1. The fourth-order valence-electron chi connectivity index (χ4n) is 1.33. The van der Waals surface area contributed by atoms with Crippen LogP contribution in [0.25, 0.3) is 0 Å². The van der Waals surface area contributed by atoms with Crippen molar-refractivity contribution in [2.45, 2.75) is 26.4 Å². The van der Waals surface area contributed by atoms with Gasteiger partial charge in [0, 0.05) is 32.8 Å². The molecule has 1 aromatic rings. The second-order valence-corrected chi connectivity index (χ2v) is 3.47. The number of hydrogen-bond donors (Lipinski definition) is 2. The standard InChI is InChI=1S/C10H18N4O/c1-9(15)12-4-3-5-14-7-10(6-11-2)13-8-14/h7-8,11H,3-6H2,1-2H3,(H,12,15). The van der Waals surface area contributed by atoms with Crippen molar-refractivity contribution in [2.24, 2.45) is 0 Å². The molecule has 1 amide bonds. The zero-order chi connectivity index (χ0) is 11.1. The number of imidazole rings is 1. The molecule has 0 saturated heterocycles. The summed E-state index contributed by atoms with van der Waals surface area (Å²) in [6.07, 6.45) is 4.76. The van der Waals surface area contributed by atoms with Crippen LogP contribution in [0.3, 0.4) is 0 Å². The molecule has 84 valence electrons. The molecule has 0 atom stereocenters. The first kappa shape index (κ1) is 11.7. The Morgan fingerprint density at radius 1 is 1.60 bits per heavy atom. The van der Waals surface area contributed by atoms with E-state index in [9.17, 15) is 4.79 Å². The van der Waals surface area contributed by atoms with Gasteiger partial charge < -0.3 is 15.2 Å². The van der Waals surface area contributed by atoms with Crippen LogP contribution in [0.15, 0.2) is 12.5 Å². The maximum atomic E-state index is 10.6. The SMILES string of the molecule is CNCc1cn(CCCNC(C)=O)cn1. The Labute approximate surface area is 89.9 Å². The lowest BCUT2D eigenvalue weighted by Gasteiger charge is -2.02. The van der Waals surface area contributed by atoms with Gasteiger partial charge in [-0.25, -0.2) is 4.98 Å². The van der Waals surface area contributed by atoms with Crippen LogP contribution < -0.4 is 10.6 Å². The molecule has 0 aliphatic heterocycles. The maximum absolute atomic E-state index is 10.6. The minimum Gasteiger partial charge on any atom is -0.356 e. The van der Waals surface area contributed by atoms with Gasteiger partial charge in [0.15, 0.2) is 0 Å². The molecule has 1 heterocycles. The number of aromatic nitrogens is 2. The molecule has 0 spiro atoms. The smallest absolute Gasteiger partial charge is 0.216 e. The molecular formula is C10H18N4O. The third-order valence-electron chi connectivity index (χ3n) is 2.01. The van der Waals surface area contributed by atoms with Crippen molar-refractivity contribution in [2.75, 3.05) is 13.6 Å². The molecule has 5 heteroatoms. The van der Waals surface area contributed by atoms with Gasteiger partial charge in [-0.3, -0.25) is 4.79 Å². The molecule has 0 aliphatic carbocycles. The van der Waals surface area contributed by atoms with Gasteiger partial charge in [0.1, 0.15) is 0 Å². The van der Waals surface area contributed by atoms with Crippen LogP contribution in [0.2, 0.25) is 0 Å². The summed E-state index contributed by atoms with van der Waals surface area (Å²) in [5.74, 6) is 0.0245. The molecule has 0 aromatic carbocycles. The molecule has 15 heavy (non-hydrogen) atoms. The van der Waals surface area contributed by atoms with Crippen LogP contribution in [-0.2, 0) is 17.9 Å². The second kappa shape index (κ2) is 6.19. The normalized spacial score (nSPS) is 10.3. The number of nitrogens with zero attached hydrogens (tertiary/aromatic N) is 2. The topological polar surface area (TPSA) is 59.0 Å². The van der Waals surface area contributed by atoms with Crippen LogP contribution in [0, 0.1) is 0 Å². The summed E-state index contributed by atoms with van der Waals surface area (Å²) in [7, 11) is 1.90. The molecule has 1 rings (SSSR count). The Kier molecular flexibility index (Phi) is 4.83. The minimum atomic E-state index is 0.0245. The monoisotopic (exact) mass is 210 g/mol. The van der Waals surface area contributed by atoms with Crippen molar-refractivity contribution < 1.29 is 4.79 Å². The summed E-state index contributed by atoms with van der Waals surface area (Å²) >= 11 is 0. The molecule has 2 N–H and O–H groups in total. The van der Waals surface area contributed by atoms with Crippen LogP contribution in [0.1, 0.15) is 19.0 Å². The van der Waals surface area contributed by atoms with Gasteiger partial charge in [0.2, 0.25) is 5.91 Å². The van der Waals surface area contributed by atoms with Gasteiger partial charge in [-0.15, -0.1) is 0 Å². The van der Waals surface area contributed by atoms with Crippen LogP contribution in [0.4, 0.5) is 0 Å². The number of aryl methyl sites for hydroxylation is 1. The summed E-state index contributed by atoms with van der Waals surface area (Å²) in [6.45, 7) is 3.92. The zero-order valence-corrected chi connectivity index (χ0v) is 9.29. The van der Waals surface area contributed by atoms with Crippen molar-refractivity contribution in [1.29, 1.82) is 0 Å². The lowest BCUT2D eigenvalue weighted by atomic mass is 10.4. The van der Waals surface area contributed by atoms with Crippen LogP contribution in [-0.4, -0.2) is 29.1 Å². The van der Waals surface area contributed by atoms with Crippen LogP contribution >= 0.6 is 0 Å². The van der Waals surface area contributed by atoms with Crippen molar-refractivity contribution in [3.8, 4) is 0 Å². The Hall–Kier alpha value is -1.36. The average molecular weight is 210 g/mol. The van der Waals surface area contributed by atoms with Gasteiger partial charge in [-0.2, -0.15) is 0 Å². The maximum Gasteiger partial charge on any atom is 0.216 e. The van der Waals surface area contributed by atoms with E-state index in [2.05, 4.69) is 15.6 Å². The first-order valence-electron chi connectivity index (χ1n) is 5.12. The second-order valence-electron chi connectivity index (χ2n) is 3.47. The number of nitrogens with one attached hydrogen (secondary N) is 2. The first-order valence-corrected chi connectivity index (χ1v) is 5.12. The van der Waals surface area contributed by atoms with E-state index in [4.69, 9.17) is 0 Å². The fraction of sp³-hybridized carbons (Fsp3) is 0.600. The van der Waals surface area contributed by atoms with E-state index in [-0.39, 0.29) is 5.91 Å². The summed E-state index contributed by atoms with van der Waals surface area (Å²) in [5, 5.41) is 5.81. The van der Waals surface area contributed by atoms with Crippen molar-refractivity contribution in [3.63, 3.8) is 0 Å². The molecule has 0 fully saturated rings. The van der Waals surface area contributed by atoms with Crippen molar-refractivity contribution in [3.05, 3.63) is 18.2 Å². The van der Waals surface area contributed by atoms with Gasteiger partial charge in [0.25, 0.3) is 0 Å². The van der Waals surface area contributed by atoms with E-state index >= 15 is 0 Å². The first-order chi connectivity index (χ1) is 7.22. The predicted molar refractivity (Wildman–Crippen MR) is 58.3 cm³/mol. The number of rotatable bonds is 6. The minimum absolute atomic E-state index is 0.0245. The highest BCUT2D eigenvalue weighted by Gasteiger charge is 1.97. The summed E-state index contributed by atoms with van der Waals surface area (Å²) in [5.41, 5.74) is 1.04. The molecule has 1 aromatic heterocycles. The highest BCUT2D eigenvalue weighted by Crippen LogP contribution is 1.96. The quantitative estimate of drug-likeness (QED) is 0.656. The fourth-order valence-corrected chi connectivity index (χ4v) is 1.33. The Morgan fingerprint density at radius 2 is 2.40 bits per heavy atom. The molecule has 0 aliphatic rings. The van der Waals surface area contributed by atoms with E-state index in [1.165, 1.54) is 6.92 Å². The molecule has 0 bridgehead atoms. The van der Waals surface area contributed by atoms with Gasteiger partial charge in [-0.1, -0.05) is 0 Å². The number of carbonyl (C=O) groups excluding carboxylic acids is 1. The third-order valence-corrected chi connectivity index (χ3v) is 2.01. The number of hydrogen-bond acceptors (Lipinski definition) is 3. The van der Waals surface area contributed by atoms with Crippen LogP contribution in [0.5, 0.6) is 0 Å². The van der Waals surface area contributed by atoms with E-state index in [0.717, 1.165) is 31.7 Å². The molecule has 0 radical (unpaired) electrons. The predicted octanol–water partition coefficient (Wildman–Crippen LogP) is 0.129. The lowest BCUT2D eigenvalue weighted by molar-refractivity contribution is -0.118. The Balaban J connectivity index is 2.22. The van der Waals surface area contributed by atoms with Gasteiger partial charge >= 0.3 is 0 Å². The van der Waals surface area contributed by atoms with Gasteiger partial charge in [0.05, 0.1) is 12.0 Å². The van der Waals surface area contributed by atoms with Crippen molar-refractivity contribution >= 4 is 5.91 Å². The van der Waals surface area contributed by atoms with E-state index < -0.39 is 0 Å². The average Bonchev–Trinajstić information content (AvgIpc) is 2.61. The zero-order valence-electron chi connectivity index (χ0n) is 9.29. The third kappa shape index (κ3) is 4.60. The van der Waals surface area contributed by atoms with E-state index in [0.29, 0.717) is 0 Å². The highest BCUT2D eigenvalue weighted by molar-refractivity contribution is 5.72. The van der Waals surface area contributed by atoms with E-state index in [1.54, 1.807) is 0 Å². The largest absolute Gasteiger partial charge is 0.356 e. The molecule has 0 unspecified atom stereocenters. The van der Waals surface area contributed by atoms with Crippen molar-refractivity contribution in [1.82, 2.24) is 20.2 Å². The Morgan fingerprint density at radius 3 is 3.07 bits per heavy atom. The lowest BCUT2D eigenvalue weighted by Crippen LogP contribution is -2.21. The Bertz CT molecular complexity index is 308. The number of amides is 1. The highest BCUT2D eigenvalue weighted by atomic mass is 16.1. The molecular weight excluding hydrogens is 192 g/mol. The summed E-state index contributed by atoms with van der Waals surface area (Å²) in [6, 6.07) is 0. The molecule has 0 saturated carbocycles. The van der Waals surface area contributed by atoms with E-state index in [1.807, 2.05) is 24.1 Å². The molecule has 5 nitrogen and oxygen atoms in total.